The van der Waals surface area contributed by atoms with Crippen molar-refractivity contribution in [1.82, 2.24) is 14.9 Å². The van der Waals surface area contributed by atoms with Crippen LogP contribution in [-0.2, 0) is 6.54 Å². The summed E-state index contributed by atoms with van der Waals surface area (Å²) in [5, 5.41) is 3.90. The summed E-state index contributed by atoms with van der Waals surface area (Å²) in [4.78, 5) is 4.15. The van der Waals surface area contributed by atoms with E-state index < -0.39 is 0 Å². The van der Waals surface area contributed by atoms with Crippen molar-refractivity contribution < 1.29 is 0 Å². The average Bonchev–Trinajstić information content (AvgIpc) is 2.92. The summed E-state index contributed by atoms with van der Waals surface area (Å²) in [5.74, 6) is 1.71. The van der Waals surface area contributed by atoms with Gasteiger partial charge in [-0.1, -0.05) is 32.9 Å². The highest BCUT2D eigenvalue weighted by Crippen LogP contribution is 2.43. The van der Waals surface area contributed by atoms with E-state index >= 15 is 0 Å². The number of hydrogen-bond acceptors (Lipinski definition) is 2. The molecular formula is C16H25N3. The summed E-state index contributed by atoms with van der Waals surface area (Å²) in [6.45, 7) is 7.97. The van der Waals surface area contributed by atoms with Crippen LogP contribution in [-0.4, -0.2) is 21.6 Å². The zero-order chi connectivity index (χ0) is 13.5. The number of aromatic nitrogens is 2. The monoisotopic (exact) mass is 259 g/mol. The molecule has 1 fully saturated rings. The number of nitrogens with zero attached hydrogens (tertiary/aromatic N) is 2. The maximum absolute atomic E-state index is 4.15. The average molecular weight is 259 g/mol. The molecule has 4 atom stereocenters. The van der Waals surface area contributed by atoms with Crippen LogP contribution in [0.25, 0.3) is 0 Å². The summed E-state index contributed by atoms with van der Waals surface area (Å²) < 4.78 is 2.18. The Morgan fingerprint density at radius 2 is 2.26 bits per heavy atom. The Kier molecular flexibility index (Phi) is 3.25. The van der Waals surface area contributed by atoms with Gasteiger partial charge in [0, 0.05) is 31.0 Å². The second-order valence-corrected chi connectivity index (χ2v) is 7.19. The summed E-state index contributed by atoms with van der Waals surface area (Å²) in [6, 6.07) is 1.16. The van der Waals surface area contributed by atoms with Crippen molar-refractivity contribution in [1.29, 1.82) is 0 Å². The predicted octanol–water partition coefficient (Wildman–Crippen LogP) is 2.85. The molecule has 3 rings (SSSR count). The fourth-order valence-corrected chi connectivity index (χ4v) is 3.35. The minimum absolute atomic E-state index is 0.262. The second-order valence-electron chi connectivity index (χ2n) is 7.19. The van der Waals surface area contributed by atoms with Gasteiger partial charge >= 0.3 is 0 Å². The zero-order valence-electron chi connectivity index (χ0n) is 12.2. The van der Waals surface area contributed by atoms with Gasteiger partial charge in [0.2, 0.25) is 0 Å². The lowest BCUT2D eigenvalue weighted by atomic mass is 9.70. The van der Waals surface area contributed by atoms with Crippen LogP contribution in [0, 0.1) is 17.3 Å². The third-order valence-corrected chi connectivity index (χ3v) is 4.78. The number of nitrogens with one attached hydrogen (secondary N) is 1. The lowest BCUT2D eigenvalue weighted by Gasteiger charge is -2.45. The Morgan fingerprint density at radius 1 is 1.42 bits per heavy atom. The van der Waals surface area contributed by atoms with Crippen molar-refractivity contribution in [3.63, 3.8) is 0 Å². The van der Waals surface area contributed by atoms with Crippen molar-refractivity contribution in [3.05, 3.63) is 30.9 Å². The third kappa shape index (κ3) is 2.62. The molecule has 19 heavy (non-hydrogen) atoms. The lowest BCUT2D eigenvalue weighted by Crippen LogP contribution is -2.56. The molecule has 0 amide bonds. The molecule has 0 aliphatic heterocycles. The highest BCUT2D eigenvalue weighted by molar-refractivity contribution is 5.13. The Labute approximate surface area is 116 Å². The number of allylic oxidation sites excluding steroid dienone is 1. The fourth-order valence-electron chi connectivity index (χ4n) is 3.35. The molecule has 2 aliphatic carbocycles. The molecule has 0 radical (unpaired) electrons. The molecule has 1 aromatic rings. The third-order valence-electron chi connectivity index (χ3n) is 4.78. The van der Waals surface area contributed by atoms with Gasteiger partial charge in [-0.05, 0) is 30.1 Å². The smallest absolute Gasteiger partial charge is 0.0946 e. The van der Waals surface area contributed by atoms with E-state index in [0.29, 0.717) is 12.1 Å². The van der Waals surface area contributed by atoms with Gasteiger partial charge in [0.15, 0.2) is 0 Å². The van der Waals surface area contributed by atoms with E-state index in [0.717, 1.165) is 18.4 Å². The standard InChI is InChI=1S/C16H25N3/c1-16(2,3)15(10-19-8-7-17-11-19)18-14-9-12-5-4-6-13(12)14/h4,6-8,11-15,18H,5,9-10H2,1-3H3. The quantitative estimate of drug-likeness (QED) is 0.843. The molecule has 1 aromatic heterocycles. The van der Waals surface area contributed by atoms with Crippen LogP contribution in [0.15, 0.2) is 30.9 Å². The van der Waals surface area contributed by atoms with Gasteiger partial charge in [-0.2, -0.15) is 0 Å². The van der Waals surface area contributed by atoms with Gasteiger partial charge < -0.3 is 9.88 Å². The van der Waals surface area contributed by atoms with E-state index in [2.05, 4.69) is 54.0 Å². The van der Waals surface area contributed by atoms with Crippen LogP contribution >= 0.6 is 0 Å². The predicted molar refractivity (Wildman–Crippen MR) is 77.7 cm³/mol. The van der Waals surface area contributed by atoms with E-state index in [4.69, 9.17) is 0 Å². The van der Waals surface area contributed by atoms with Crippen LogP contribution < -0.4 is 5.32 Å². The van der Waals surface area contributed by atoms with Crippen LogP contribution in [0.3, 0.4) is 0 Å². The number of imidazole rings is 1. The Balaban J connectivity index is 1.65. The molecular weight excluding hydrogens is 234 g/mol. The molecule has 104 valence electrons. The van der Waals surface area contributed by atoms with Gasteiger partial charge in [0.1, 0.15) is 0 Å². The van der Waals surface area contributed by atoms with Crippen molar-refractivity contribution in [2.75, 3.05) is 0 Å². The second kappa shape index (κ2) is 4.78. The van der Waals surface area contributed by atoms with Crippen molar-refractivity contribution >= 4 is 0 Å². The summed E-state index contributed by atoms with van der Waals surface area (Å²) >= 11 is 0. The van der Waals surface area contributed by atoms with Crippen LogP contribution in [0.4, 0.5) is 0 Å². The van der Waals surface area contributed by atoms with Crippen molar-refractivity contribution in [2.24, 2.45) is 17.3 Å². The molecule has 0 bridgehead atoms. The molecule has 1 saturated carbocycles. The van der Waals surface area contributed by atoms with E-state index in [1.165, 1.54) is 12.8 Å². The van der Waals surface area contributed by atoms with Gasteiger partial charge in [-0.3, -0.25) is 0 Å². The SMILES string of the molecule is CC(C)(C)C(Cn1ccnc1)NC1CC2CC=CC21. The molecule has 0 aromatic carbocycles. The summed E-state index contributed by atoms with van der Waals surface area (Å²) in [5.41, 5.74) is 0.262. The van der Waals surface area contributed by atoms with Crippen LogP contribution in [0.5, 0.6) is 0 Å². The molecule has 1 heterocycles. The number of rotatable bonds is 4. The van der Waals surface area contributed by atoms with E-state index in [-0.39, 0.29) is 5.41 Å². The Bertz CT molecular complexity index is 441. The summed E-state index contributed by atoms with van der Waals surface area (Å²) in [7, 11) is 0. The first-order chi connectivity index (χ1) is 9.04. The first kappa shape index (κ1) is 12.9. The fraction of sp³-hybridized carbons (Fsp3) is 0.688. The molecule has 3 nitrogen and oxygen atoms in total. The van der Waals surface area contributed by atoms with E-state index in [9.17, 15) is 0 Å². The van der Waals surface area contributed by atoms with Gasteiger partial charge in [0.25, 0.3) is 0 Å². The summed E-state index contributed by atoms with van der Waals surface area (Å²) in [6.07, 6.45) is 13.2. The lowest BCUT2D eigenvalue weighted by molar-refractivity contribution is 0.113. The van der Waals surface area contributed by atoms with Gasteiger partial charge in [-0.25, -0.2) is 4.98 Å². The van der Waals surface area contributed by atoms with E-state index in [1.807, 2.05) is 12.5 Å². The Morgan fingerprint density at radius 3 is 2.89 bits per heavy atom. The molecule has 3 heteroatoms. The van der Waals surface area contributed by atoms with Gasteiger partial charge in [0.05, 0.1) is 6.33 Å². The molecule has 2 aliphatic rings. The van der Waals surface area contributed by atoms with Crippen LogP contribution in [0.1, 0.15) is 33.6 Å². The Hall–Kier alpha value is -1.09. The van der Waals surface area contributed by atoms with E-state index in [1.54, 1.807) is 0 Å². The zero-order valence-corrected chi connectivity index (χ0v) is 12.2. The van der Waals surface area contributed by atoms with Crippen molar-refractivity contribution in [2.45, 2.75) is 52.2 Å². The van der Waals surface area contributed by atoms with Crippen LogP contribution in [0.2, 0.25) is 0 Å². The highest BCUT2D eigenvalue weighted by Gasteiger charge is 2.42. The maximum Gasteiger partial charge on any atom is 0.0946 e. The molecule has 4 unspecified atom stereocenters. The van der Waals surface area contributed by atoms with Gasteiger partial charge in [-0.15, -0.1) is 0 Å². The molecule has 1 N–H and O–H groups in total. The first-order valence-corrected chi connectivity index (χ1v) is 7.42. The normalized spacial score (nSPS) is 31.0. The van der Waals surface area contributed by atoms with Crippen molar-refractivity contribution in [3.8, 4) is 0 Å². The maximum atomic E-state index is 4.15. The molecule has 0 spiro atoms. The number of fused-ring (bicyclic) bond motifs is 1. The number of hydrogen-bond donors (Lipinski definition) is 1. The molecule has 0 saturated heterocycles. The topological polar surface area (TPSA) is 29.9 Å². The minimum Gasteiger partial charge on any atom is -0.336 e. The largest absolute Gasteiger partial charge is 0.336 e. The first-order valence-electron chi connectivity index (χ1n) is 7.42. The highest BCUT2D eigenvalue weighted by atomic mass is 15.1. The minimum atomic E-state index is 0.262.